The SMILES string of the molecule is CC(C)c1cccc2c1C(C1CN(C(C)C)c3ccccc31)CN2. The second kappa shape index (κ2) is 5.84. The summed E-state index contributed by atoms with van der Waals surface area (Å²) in [5.74, 6) is 1.72. The normalized spacial score (nSPS) is 22.0. The monoisotopic (exact) mass is 320 g/mol. The molecule has 0 bridgehead atoms. The number of benzene rings is 2. The van der Waals surface area contributed by atoms with Gasteiger partial charge in [-0.25, -0.2) is 0 Å². The smallest absolute Gasteiger partial charge is 0.0405 e. The van der Waals surface area contributed by atoms with Gasteiger partial charge in [0, 0.05) is 42.3 Å². The summed E-state index contributed by atoms with van der Waals surface area (Å²) in [7, 11) is 0. The first-order valence-electron chi connectivity index (χ1n) is 9.30. The summed E-state index contributed by atoms with van der Waals surface area (Å²) < 4.78 is 0. The molecule has 2 aromatic carbocycles. The van der Waals surface area contributed by atoms with Gasteiger partial charge in [0.05, 0.1) is 0 Å². The van der Waals surface area contributed by atoms with Crippen molar-refractivity contribution in [1.29, 1.82) is 0 Å². The Morgan fingerprint density at radius 1 is 0.958 bits per heavy atom. The maximum atomic E-state index is 3.68. The van der Waals surface area contributed by atoms with Gasteiger partial charge >= 0.3 is 0 Å². The molecule has 0 saturated carbocycles. The van der Waals surface area contributed by atoms with Gasteiger partial charge in [-0.15, -0.1) is 0 Å². The lowest BCUT2D eigenvalue weighted by Gasteiger charge is -2.26. The lowest BCUT2D eigenvalue weighted by Crippen LogP contribution is -2.30. The van der Waals surface area contributed by atoms with E-state index in [9.17, 15) is 0 Å². The van der Waals surface area contributed by atoms with Crippen LogP contribution in [0.2, 0.25) is 0 Å². The highest BCUT2D eigenvalue weighted by atomic mass is 15.2. The summed E-state index contributed by atoms with van der Waals surface area (Å²) >= 11 is 0. The quantitative estimate of drug-likeness (QED) is 0.822. The third kappa shape index (κ3) is 2.31. The molecule has 4 rings (SSSR count). The van der Waals surface area contributed by atoms with E-state index < -0.39 is 0 Å². The molecule has 0 saturated heterocycles. The summed E-state index contributed by atoms with van der Waals surface area (Å²) in [6.45, 7) is 11.4. The fourth-order valence-corrected chi connectivity index (χ4v) is 4.62. The molecule has 126 valence electrons. The van der Waals surface area contributed by atoms with E-state index in [1.165, 1.54) is 22.5 Å². The average Bonchev–Trinajstić information content (AvgIpc) is 3.15. The molecule has 0 spiro atoms. The van der Waals surface area contributed by atoms with Crippen LogP contribution < -0.4 is 10.2 Å². The van der Waals surface area contributed by atoms with Crippen LogP contribution in [0.4, 0.5) is 11.4 Å². The van der Waals surface area contributed by atoms with Gasteiger partial charge in [0.2, 0.25) is 0 Å². The van der Waals surface area contributed by atoms with Gasteiger partial charge in [-0.1, -0.05) is 44.2 Å². The number of para-hydroxylation sites is 1. The third-order valence-corrected chi connectivity index (χ3v) is 5.79. The highest BCUT2D eigenvalue weighted by molar-refractivity contribution is 5.67. The minimum atomic E-state index is 0.547. The molecule has 0 radical (unpaired) electrons. The summed E-state index contributed by atoms with van der Waals surface area (Å²) in [6, 6.07) is 16.3. The van der Waals surface area contributed by atoms with Gasteiger partial charge in [-0.3, -0.25) is 0 Å². The second-order valence-corrected chi connectivity index (χ2v) is 7.86. The van der Waals surface area contributed by atoms with E-state index in [1.54, 1.807) is 5.56 Å². The van der Waals surface area contributed by atoms with E-state index in [1.807, 2.05) is 0 Å². The van der Waals surface area contributed by atoms with E-state index in [-0.39, 0.29) is 0 Å². The second-order valence-electron chi connectivity index (χ2n) is 7.86. The Morgan fingerprint density at radius 2 is 1.75 bits per heavy atom. The van der Waals surface area contributed by atoms with Crippen molar-refractivity contribution in [3.8, 4) is 0 Å². The van der Waals surface area contributed by atoms with Crippen molar-refractivity contribution in [1.82, 2.24) is 0 Å². The third-order valence-electron chi connectivity index (χ3n) is 5.79. The zero-order valence-corrected chi connectivity index (χ0v) is 15.2. The van der Waals surface area contributed by atoms with E-state index >= 15 is 0 Å². The summed E-state index contributed by atoms with van der Waals surface area (Å²) in [6.07, 6.45) is 0. The zero-order valence-electron chi connectivity index (χ0n) is 15.2. The number of nitrogens with zero attached hydrogens (tertiary/aromatic N) is 1. The van der Waals surface area contributed by atoms with Crippen LogP contribution in [0.1, 0.15) is 62.1 Å². The van der Waals surface area contributed by atoms with Crippen molar-refractivity contribution in [3.63, 3.8) is 0 Å². The van der Waals surface area contributed by atoms with Gasteiger partial charge in [0.1, 0.15) is 0 Å². The van der Waals surface area contributed by atoms with Crippen LogP contribution in [0.5, 0.6) is 0 Å². The Balaban J connectivity index is 1.78. The predicted molar refractivity (Wildman–Crippen MR) is 103 cm³/mol. The van der Waals surface area contributed by atoms with Crippen molar-refractivity contribution in [2.24, 2.45) is 0 Å². The van der Waals surface area contributed by atoms with Gasteiger partial charge in [-0.2, -0.15) is 0 Å². The number of anilines is 2. The Hall–Kier alpha value is -1.96. The highest BCUT2D eigenvalue weighted by Gasteiger charge is 2.39. The minimum absolute atomic E-state index is 0.547. The molecule has 2 atom stereocenters. The molecule has 0 amide bonds. The van der Waals surface area contributed by atoms with Crippen molar-refractivity contribution in [3.05, 3.63) is 59.2 Å². The molecular weight excluding hydrogens is 292 g/mol. The number of hydrogen-bond donors (Lipinski definition) is 1. The lowest BCUT2D eigenvalue weighted by molar-refractivity contribution is 0.565. The van der Waals surface area contributed by atoms with Crippen LogP contribution in [-0.4, -0.2) is 19.1 Å². The number of nitrogens with one attached hydrogen (secondary N) is 1. The Labute approximate surface area is 145 Å². The van der Waals surface area contributed by atoms with Gasteiger partial charge < -0.3 is 10.2 Å². The molecule has 2 unspecified atom stereocenters. The Bertz CT molecular complexity index is 747. The number of rotatable bonds is 3. The standard InChI is InChI=1S/C22H28N2/c1-14(2)16-9-7-10-20-22(16)18(12-23-20)19-13-24(15(3)4)21-11-6-5-8-17(19)21/h5-11,14-15,18-19,23H,12-13H2,1-4H3. The predicted octanol–water partition coefficient (Wildman–Crippen LogP) is 5.33. The molecule has 2 aliphatic heterocycles. The van der Waals surface area contributed by atoms with Crippen molar-refractivity contribution in [2.45, 2.75) is 51.5 Å². The molecule has 0 fully saturated rings. The summed E-state index contributed by atoms with van der Waals surface area (Å²) in [5.41, 5.74) is 7.41. The Morgan fingerprint density at radius 3 is 2.50 bits per heavy atom. The molecule has 2 heteroatoms. The molecule has 2 aromatic rings. The molecule has 2 aliphatic rings. The summed E-state index contributed by atoms with van der Waals surface area (Å²) in [5, 5.41) is 3.68. The zero-order chi connectivity index (χ0) is 16.8. The lowest BCUT2D eigenvalue weighted by atomic mass is 9.80. The first kappa shape index (κ1) is 15.6. The number of fused-ring (bicyclic) bond motifs is 2. The average molecular weight is 320 g/mol. The van der Waals surface area contributed by atoms with E-state index in [0.29, 0.717) is 23.8 Å². The molecule has 1 N–H and O–H groups in total. The minimum Gasteiger partial charge on any atom is -0.384 e. The van der Waals surface area contributed by atoms with Crippen molar-refractivity contribution >= 4 is 11.4 Å². The van der Waals surface area contributed by atoms with Gasteiger partial charge in [0.25, 0.3) is 0 Å². The molecule has 0 aliphatic carbocycles. The molecule has 2 heterocycles. The molecule has 0 aromatic heterocycles. The topological polar surface area (TPSA) is 15.3 Å². The van der Waals surface area contributed by atoms with Crippen molar-refractivity contribution < 1.29 is 0 Å². The highest BCUT2D eigenvalue weighted by Crippen LogP contribution is 2.50. The van der Waals surface area contributed by atoms with Crippen LogP contribution in [0, 0.1) is 0 Å². The van der Waals surface area contributed by atoms with Crippen LogP contribution in [0.15, 0.2) is 42.5 Å². The Kier molecular flexibility index (Phi) is 3.79. The van der Waals surface area contributed by atoms with E-state index in [0.717, 1.165) is 13.1 Å². The van der Waals surface area contributed by atoms with Gasteiger partial charge in [0.15, 0.2) is 0 Å². The first-order chi connectivity index (χ1) is 11.6. The largest absolute Gasteiger partial charge is 0.384 e. The van der Waals surface area contributed by atoms with Gasteiger partial charge in [-0.05, 0) is 48.6 Å². The van der Waals surface area contributed by atoms with Crippen LogP contribution in [-0.2, 0) is 0 Å². The van der Waals surface area contributed by atoms with Crippen LogP contribution in [0.3, 0.4) is 0 Å². The van der Waals surface area contributed by atoms with E-state index in [2.05, 4.69) is 80.4 Å². The first-order valence-corrected chi connectivity index (χ1v) is 9.30. The number of hydrogen-bond acceptors (Lipinski definition) is 2. The fourth-order valence-electron chi connectivity index (χ4n) is 4.62. The van der Waals surface area contributed by atoms with Crippen LogP contribution >= 0.6 is 0 Å². The molecule has 24 heavy (non-hydrogen) atoms. The molecular formula is C22H28N2. The van der Waals surface area contributed by atoms with E-state index in [4.69, 9.17) is 0 Å². The van der Waals surface area contributed by atoms with Crippen molar-refractivity contribution in [2.75, 3.05) is 23.3 Å². The summed E-state index contributed by atoms with van der Waals surface area (Å²) in [4.78, 5) is 2.58. The van der Waals surface area contributed by atoms with Crippen LogP contribution in [0.25, 0.3) is 0 Å². The molecule has 2 nitrogen and oxygen atoms in total. The fraction of sp³-hybridized carbons (Fsp3) is 0.455. The maximum absolute atomic E-state index is 3.68. The maximum Gasteiger partial charge on any atom is 0.0405 e.